The molecule has 0 aliphatic rings. The fourth-order valence-corrected chi connectivity index (χ4v) is 3.83. The van der Waals surface area contributed by atoms with Crippen molar-refractivity contribution in [3.05, 3.63) is 75.8 Å². The molecule has 0 fully saturated rings. The Morgan fingerprint density at radius 3 is 2.72 bits per heavy atom. The molecule has 32 heavy (non-hydrogen) atoms. The van der Waals surface area contributed by atoms with Gasteiger partial charge in [0, 0.05) is 35.0 Å². The number of carboxylic acids is 1. The van der Waals surface area contributed by atoms with Crippen molar-refractivity contribution < 1.29 is 23.8 Å². The van der Waals surface area contributed by atoms with Crippen LogP contribution in [0.25, 0.3) is 21.9 Å². The summed E-state index contributed by atoms with van der Waals surface area (Å²) in [7, 11) is 1.51. The molecule has 4 rings (SSSR count). The highest BCUT2D eigenvalue weighted by atomic mass is 16.5. The van der Waals surface area contributed by atoms with Gasteiger partial charge < -0.3 is 24.6 Å². The van der Waals surface area contributed by atoms with Crippen LogP contribution in [0, 0.1) is 6.92 Å². The number of aromatic amines is 1. The summed E-state index contributed by atoms with van der Waals surface area (Å²) in [5.74, 6) is -1.18. The minimum atomic E-state index is -1.15. The van der Waals surface area contributed by atoms with E-state index in [4.69, 9.17) is 9.15 Å². The van der Waals surface area contributed by atoms with Crippen molar-refractivity contribution in [2.75, 3.05) is 7.11 Å². The lowest BCUT2D eigenvalue weighted by atomic mass is 10.0. The Bertz CT molecular complexity index is 1380. The van der Waals surface area contributed by atoms with Crippen LogP contribution in [0.2, 0.25) is 0 Å². The van der Waals surface area contributed by atoms with E-state index in [1.807, 2.05) is 24.3 Å². The lowest BCUT2D eigenvalue weighted by molar-refractivity contribution is -0.141. The van der Waals surface area contributed by atoms with Crippen LogP contribution in [0.4, 0.5) is 0 Å². The number of carbonyl (C=O) groups is 2. The number of fused-ring (bicyclic) bond motifs is 2. The maximum Gasteiger partial charge on any atom is 0.340 e. The number of methoxy groups -OCH3 is 1. The molecule has 4 aromatic rings. The van der Waals surface area contributed by atoms with Crippen molar-refractivity contribution in [2.45, 2.75) is 25.8 Å². The van der Waals surface area contributed by atoms with Crippen LogP contribution in [0.15, 0.2) is 57.9 Å². The first-order valence-electron chi connectivity index (χ1n) is 10.0. The van der Waals surface area contributed by atoms with Crippen LogP contribution >= 0.6 is 0 Å². The van der Waals surface area contributed by atoms with Crippen molar-refractivity contribution in [1.82, 2.24) is 10.3 Å². The number of rotatable bonds is 7. The largest absolute Gasteiger partial charge is 0.497 e. The average molecular weight is 434 g/mol. The number of aromatic nitrogens is 1. The highest BCUT2D eigenvalue weighted by molar-refractivity contribution is 5.89. The second-order valence-corrected chi connectivity index (χ2v) is 7.55. The minimum absolute atomic E-state index is 0.107. The first kappa shape index (κ1) is 21.2. The van der Waals surface area contributed by atoms with E-state index in [1.165, 1.54) is 7.11 Å². The lowest BCUT2D eigenvalue weighted by Gasteiger charge is -2.15. The zero-order valence-corrected chi connectivity index (χ0v) is 17.6. The van der Waals surface area contributed by atoms with Gasteiger partial charge in [0.05, 0.1) is 19.1 Å². The van der Waals surface area contributed by atoms with Crippen LogP contribution in [0.3, 0.4) is 0 Å². The third-order valence-electron chi connectivity index (χ3n) is 5.56. The average Bonchev–Trinajstić information content (AvgIpc) is 3.18. The normalized spacial score (nSPS) is 12.1. The van der Waals surface area contributed by atoms with Gasteiger partial charge in [-0.05, 0) is 36.2 Å². The number of para-hydroxylation sites is 1. The molecule has 2 aromatic carbocycles. The van der Waals surface area contributed by atoms with Crippen molar-refractivity contribution in [2.24, 2.45) is 0 Å². The Morgan fingerprint density at radius 1 is 1.19 bits per heavy atom. The first-order chi connectivity index (χ1) is 15.4. The van der Waals surface area contributed by atoms with Gasteiger partial charge in [-0.1, -0.05) is 18.2 Å². The fraction of sp³-hybridized carbons (Fsp3) is 0.208. The molecule has 8 nitrogen and oxygen atoms in total. The van der Waals surface area contributed by atoms with Gasteiger partial charge in [0.1, 0.15) is 17.4 Å². The maximum absolute atomic E-state index is 12.7. The number of aliphatic carboxylic acids is 1. The highest BCUT2D eigenvalue weighted by Gasteiger charge is 2.23. The zero-order chi connectivity index (χ0) is 22.8. The lowest BCUT2D eigenvalue weighted by Crippen LogP contribution is -2.43. The molecule has 0 saturated carbocycles. The molecule has 0 radical (unpaired) electrons. The van der Waals surface area contributed by atoms with E-state index in [1.54, 1.807) is 31.3 Å². The molecule has 0 bridgehead atoms. The molecule has 1 atom stereocenters. The van der Waals surface area contributed by atoms with Crippen LogP contribution in [-0.2, 0) is 22.4 Å². The number of hydrogen-bond acceptors (Lipinski definition) is 5. The number of benzene rings is 2. The Labute approximate surface area is 182 Å². The molecule has 0 unspecified atom stereocenters. The minimum Gasteiger partial charge on any atom is -0.497 e. The molecule has 8 heteroatoms. The number of nitrogens with one attached hydrogen (secondary N) is 2. The van der Waals surface area contributed by atoms with E-state index < -0.39 is 23.5 Å². The highest BCUT2D eigenvalue weighted by Crippen LogP contribution is 2.24. The van der Waals surface area contributed by atoms with Gasteiger partial charge in [-0.15, -0.1) is 0 Å². The first-order valence-corrected chi connectivity index (χ1v) is 10.0. The Morgan fingerprint density at radius 2 is 1.97 bits per heavy atom. The number of carbonyl (C=O) groups excluding carboxylic acids is 1. The third-order valence-corrected chi connectivity index (χ3v) is 5.56. The molecular formula is C24H22N2O6. The molecule has 3 N–H and O–H groups in total. The zero-order valence-electron chi connectivity index (χ0n) is 17.6. The summed E-state index contributed by atoms with van der Waals surface area (Å²) < 4.78 is 10.5. The predicted molar refractivity (Wildman–Crippen MR) is 119 cm³/mol. The molecule has 1 amide bonds. The van der Waals surface area contributed by atoms with Crippen LogP contribution < -0.4 is 15.7 Å². The van der Waals surface area contributed by atoms with Gasteiger partial charge in [0.15, 0.2) is 0 Å². The van der Waals surface area contributed by atoms with Gasteiger partial charge in [0.25, 0.3) is 0 Å². The quantitative estimate of drug-likeness (QED) is 0.385. The summed E-state index contributed by atoms with van der Waals surface area (Å²) in [4.78, 5) is 40.1. The number of amides is 1. The van der Waals surface area contributed by atoms with Crippen LogP contribution in [0.5, 0.6) is 5.75 Å². The number of aryl methyl sites for hydroxylation is 1. The number of H-pyrrole nitrogens is 1. The van der Waals surface area contributed by atoms with Gasteiger partial charge >= 0.3 is 11.6 Å². The van der Waals surface area contributed by atoms with E-state index in [0.29, 0.717) is 22.3 Å². The number of carboxylic acid groups (broad SMARTS) is 1. The molecule has 0 saturated heterocycles. The van der Waals surface area contributed by atoms with Crippen molar-refractivity contribution in [1.29, 1.82) is 0 Å². The predicted octanol–water partition coefficient (Wildman–Crippen LogP) is 2.95. The number of hydrogen-bond donors (Lipinski definition) is 3. The summed E-state index contributed by atoms with van der Waals surface area (Å²) in [6, 6.07) is 11.5. The maximum atomic E-state index is 12.7. The van der Waals surface area contributed by atoms with Gasteiger partial charge in [-0.2, -0.15) is 0 Å². The Kier molecular flexibility index (Phi) is 5.68. The SMILES string of the molecule is COc1ccc2c(C)c(CC(=O)N[C@H](Cc3c[nH]c4ccccc34)C(=O)O)c(=O)oc2c1. The third kappa shape index (κ3) is 4.07. The van der Waals surface area contributed by atoms with Crippen LogP contribution in [0.1, 0.15) is 16.7 Å². The van der Waals surface area contributed by atoms with Crippen LogP contribution in [-0.4, -0.2) is 35.1 Å². The molecule has 164 valence electrons. The van der Waals surface area contributed by atoms with Crippen molar-refractivity contribution in [3.8, 4) is 5.75 Å². The van der Waals surface area contributed by atoms with Gasteiger partial charge in [0.2, 0.25) is 5.91 Å². The van der Waals surface area contributed by atoms with E-state index in [-0.39, 0.29) is 18.4 Å². The van der Waals surface area contributed by atoms with Gasteiger partial charge in [-0.25, -0.2) is 9.59 Å². The standard InChI is InChI=1S/C24H22N2O6/c1-13-16-8-7-15(31-2)10-21(16)32-24(30)18(13)11-22(27)26-20(23(28)29)9-14-12-25-19-6-4-3-5-17(14)19/h3-8,10,12,20,25H,9,11H2,1-2H3,(H,26,27)(H,28,29)/t20-/m1/s1. The fourth-order valence-electron chi connectivity index (χ4n) is 3.83. The molecule has 0 spiro atoms. The summed E-state index contributed by atoms with van der Waals surface area (Å²) in [6.07, 6.45) is 1.56. The molecule has 0 aliphatic carbocycles. The molecule has 2 heterocycles. The smallest absolute Gasteiger partial charge is 0.340 e. The number of ether oxygens (including phenoxy) is 1. The van der Waals surface area contributed by atoms with E-state index in [2.05, 4.69) is 10.3 Å². The van der Waals surface area contributed by atoms with E-state index >= 15 is 0 Å². The Balaban J connectivity index is 1.55. The second kappa shape index (κ2) is 8.58. The van der Waals surface area contributed by atoms with E-state index in [0.717, 1.165) is 16.5 Å². The van der Waals surface area contributed by atoms with Crippen molar-refractivity contribution in [3.63, 3.8) is 0 Å². The summed E-state index contributed by atoms with van der Waals surface area (Å²) in [6.45, 7) is 1.73. The topological polar surface area (TPSA) is 122 Å². The summed E-state index contributed by atoms with van der Waals surface area (Å²) >= 11 is 0. The monoisotopic (exact) mass is 434 g/mol. The van der Waals surface area contributed by atoms with Gasteiger partial charge in [-0.3, -0.25) is 4.79 Å². The van der Waals surface area contributed by atoms with Crippen molar-refractivity contribution >= 4 is 33.7 Å². The Hall–Kier alpha value is -4.07. The molecular weight excluding hydrogens is 412 g/mol. The van der Waals surface area contributed by atoms with E-state index in [9.17, 15) is 19.5 Å². The summed E-state index contributed by atoms with van der Waals surface area (Å²) in [5, 5.41) is 13.8. The summed E-state index contributed by atoms with van der Waals surface area (Å²) in [5.41, 5.74) is 2.19. The molecule has 2 aromatic heterocycles. The second-order valence-electron chi connectivity index (χ2n) is 7.55. The molecule has 0 aliphatic heterocycles.